The number of nitrogens with one attached hydrogen (secondary N) is 1. The minimum atomic E-state index is -1.80. The monoisotopic (exact) mass is 340 g/mol. The minimum Gasteiger partial charge on any atom is -0.486 e. The molecule has 2 aromatic carbocycles. The second-order valence-corrected chi connectivity index (χ2v) is 5.94. The maximum Gasteiger partial charge on any atom is 0.261 e. The number of carbonyl (C=O) groups excluding carboxylic acids is 1. The maximum atomic E-state index is 12.3. The quantitative estimate of drug-likeness (QED) is 0.450. The maximum absolute atomic E-state index is 12.3. The molecule has 0 aromatic heterocycles. The van der Waals surface area contributed by atoms with Gasteiger partial charge in [-0.05, 0) is 24.3 Å². The summed E-state index contributed by atoms with van der Waals surface area (Å²) in [5, 5.41) is 26.4. The smallest absolute Gasteiger partial charge is 0.261 e. The van der Waals surface area contributed by atoms with Crippen LogP contribution in [0, 0.1) is 0 Å². The molecule has 7 nitrogen and oxygen atoms in total. The molecule has 25 heavy (non-hydrogen) atoms. The largest absolute Gasteiger partial charge is 0.486 e. The first-order valence-corrected chi connectivity index (χ1v) is 7.86. The number of ether oxygens (including phenoxy) is 2. The first-order chi connectivity index (χ1) is 12.1. The number of carbonyl (C=O) groups is 1. The fourth-order valence-electron chi connectivity index (χ4n) is 3.14. The van der Waals surface area contributed by atoms with Crippen LogP contribution in [-0.4, -0.2) is 35.1 Å². The lowest BCUT2D eigenvalue weighted by molar-refractivity contribution is -0.132. The Morgan fingerprint density at radius 2 is 1.92 bits per heavy atom. The Morgan fingerprint density at radius 1 is 1.16 bits per heavy atom. The number of anilines is 1. The van der Waals surface area contributed by atoms with Crippen LogP contribution in [-0.2, 0) is 10.4 Å². The highest BCUT2D eigenvalue weighted by atomic mass is 16.6. The zero-order valence-corrected chi connectivity index (χ0v) is 13.2. The predicted molar refractivity (Wildman–Crippen MR) is 89.3 cm³/mol. The molecular formula is C18H16N2O5. The molecular weight excluding hydrogens is 324 g/mol. The fourth-order valence-corrected chi connectivity index (χ4v) is 3.14. The van der Waals surface area contributed by atoms with E-state index < -0.39 is 11.5 Å². The number of hydrogen-bond donors (Lipinski definition) is 3. The Kier molecular flexibility index (Phi) is 3.58. The average Bonchev–Trinajstić information content (AvgIpc) is 2.90. The van der Waals surface area contributed by atoms with Crippen LogP contribution in [0.5, 0.6) is 11.5 Å². The first kappa shape index (κ1) is 15.5. The van der Waals surface area contributed by atoms with Crippen molar-refractivity contribution in [3.63, 3.8) is 0 Å². The lowest BCUT2D eigenvalue weighted by Gasteiger charge is -2.22. The van der Waals surface area contributed by atoms with Crippen LogP contribution in [0.25, 0.3) is 0 Å². The standard InChI is InChI=1S/C18H16N2O5/c21-17-18(22,12-3-1-2-4-13(12)19-17)10-14(20-23)11-5-6-15-16(9-11)25-8-7-24-15/h1-6,9,22-23H,7-8,10H2,(H,19,21)/b20-14+/t18-/m1/s1. The van der Waals surface area contributed by atoms with Crippen molar-refractivity contribution in [2.75, 3.05) is 18.5 Å². The van der Waals surface area contributed by atoms with Gasteiger partial charge in [-0.25, -0.2) is 0 Å². The van der Waals surface area contributed by atoms with E-state index in [0.29, 0.717) is 41.5 Å². The molecule has 2 aromatic rings. The number of para-hydroxylation sites is 1. The molecule has 0 saturated heterocycles. The van der Waals surface area contributed by atoms with Crippen LogP contribution >= 0.6 is 0 Å². The third-order valence-corrected chi connectivity index (χ3v) is 4.42. The lowest BCUT2D eigenvalue weighted by atomic mass is 9.87. The molecule has 0 bridgehead atoms. The van der Waals surface area contributed by atoms with Crippen LogP contribution in [0.2, 0.25) is 0 Å². The minimum absolute atomic E-state index is 0.173. The zero-order chi connectivity index (χ0) is 17.4. The molecule has 128 valence electrons. The SMILES string of the molecule is O=C1Nc2ccccc2[C@]1(O)C/C(=N\O)c1ccc2c(c1)OCCO2. The Labute approximate surface area is 143 Å². The van der Waals surface area contributed by atoms with E-state index in [-0.39, 0.29) is 12.1 Å². The molecule has 2 heterocycles. The van der Waals surface area contributed by atoms with Crippen molar-refractivity contribution in [2.45, 2.75) is 12.0 Å². The summed E-state index contributed by atoms with van der Waals surface area (Å²) in [6.07, 6.45) is -0.175. The highest BCUT2D eigenvalue weighted by Gasteiger charge is 2.46. The molecule has 0 fully saturated rings. The molecule has 7 heteroatoms. The van der Waals surface area contributed by atoms with E-state index in [4.69, 9.17) is 9.47 Å². The molecule has 1 atom stereocenters. The van der Waals surface area contributed by atoms with E-state index in [0.717, 1.165) is 0 Å². The van der Waals surface area contributed by atoms with Crippen LogP contribution in [0.15, 0.2) is 47.6 Å². The molecule has 4 rings (SSSR count). The van der Waals surface area contributed by atoms with Crippen molar-refractivity contribution in [3.8, 4) is 11.5 Å². The third-order valence-electron chi connectivity index (χ3n) is 4.42. The van der Waals surface area contributed by atoms with E-state index in [9.17, 15) is 15.1 Å². The number of benzene rings is 2. The summed E-state index contributed by atoms with van der Waals surface area (Å²) in [7, 11) is 0. The molecule has 0 saturated carbocycles. The van der Waals surface area contributed by atoms with Crippen molar-refractivity contribution in [1.82, 2.24) is 0 Å². The van der Waals surface area contributed by atoms with Gasteiger partial charge in [0.15, 0.2) is 17.1 Å². The Balaban J connectivity index is 1.68. The van der Waals surface area contributed by atoms with E-state index in [1.807, 2.05) is 0 Å². The molecule has 0 spiro atoms. The van der Waals surface area contributed by atoms with Crippen molar-refractivity contribution >= 4 is 17.3 Å². The van der Waals surface area contributed by atoms with Gasteiger partial charge in [-0.3, -0.25) is 4.79 Å². The van der Waals surface area contributed by atoms with Gasteiger partial charge in [0.1, 0.15) is 13.2 Å². The summed E-state index contributed by atoms with van der Waals surface area (Å²) < 4.78 is 11.0. The summed E-state index contributed by atoms with van der Waals surface area (Å²) >= 11 is 0. The van der Waals surface area contributed by atoms with Crippen molar-refractivity contribution in [3.05, 3.63) is 53.6 Å². The Hall–Kier alpha value is -3.06. The normalized spacial score (nSPS) is 21.6. The van der Waals surface area contributed by atoms with Crippen molar-refractivity contribution < 1.29 is 24.6 Å². The Bertz CT molecular complexity index is 880. The second kappa shape index (κ2) is 5.78. The van der Waals surface area contributed by atoms with E-state index in [2.05, 4.69) is 10.5 Å². The summed E-state index contributed by atoms with van der Waals surface area (Å²) in [6.45, 7) is 0.909. The number of rotatable bonds is 3. The Morgan fingerprint density at radius 3 is 2.72 bits per heavy atom. The zero-order valence-electron chi connectivity index (χ0n) is 13.2. The van der Waals surface area contributed by atoms with Crippen LogP contribution < -0.4 is 14.8 Å². The number of fused-ring (bicyclic) bond motifs is 2. The van der Waals surface area contributed by atoms with Gasteiger partial charge in [-0.15, -0.1) is 0 Å². The second-order valence-electron chi connectivity index (χ2n) is 5.94. The predicted octanol–water partition coefficient (Wildman–Crippen LogP) is 1.87. The lowest BCUT2D eigenvalue weighted by Crippen LogP contribution is -2.36. The van der Waals surface area contributed by atoms with Gasteiger partial charge >= 0.3 is 0 Å². The average molecular weight is 340 g/mol. The number of aliphatic hydroxyl groups is 1. The fraction of sp³-hybridized carbons (Fsp3) is 0.222. The molecule has 0 radical (unpaired) electrons. The summed E-state index contributed by atoms with van der Waals surface area (Å²) in [6, 6.07) is 12.0. The molecule has 0 unspecified atom stereocenters. The van der Waals surface area contributed by atoms with Gasteiger partial charge in [-0.2, -0.15) is 0 Å². The number of oxime groups is 1. The third kappa shape index (κ3) is 2.49. The number of hydrogen-bond acceptors (Lipinski definition) is 6. The first-order valence-electron chi connectivity index (χ1n) is 7.86. The van der Waals surface area contributed by atoms with Crippen molar-refractivity contribution in [1.29, 1.82) is 0 Å². The van der Waals surface area contributed by atoms with Gasteiger partial charge < -0.3 is 25.1 Å². The number of nitrogens with zero attached hydrogens (tertiary/aromatic N) is 1. The molecule has 2 aliphatic heterocycles. The van der Waals surface area contributed by atoms with E-state index in [1.165, 1.54) is 0 Å². The van der Waals surface area contributed by atoms with Crippen LogP contribution in [0.1, 0.15) is 17.5 Å². The van der Waals surface area contributed by atoms with Gasteiger partial charge in [0, 0.05) is 23.2 Å². The van der Waals surface area contributed by atoms with Crippen LogP contribution in [0.3, 0.4) is 0 Å². The number of amides is 1. The van der Waals surface area contributed by atoms with Gasteiger partial charge in [-0.1, -0.05) is 23.4 Å². The molecule has 1 amide bonds. The molecule has 2 aliphatic rings. The highest BCUT2D eigenvalue weighted by molar-refractivity contribution is 6.10. The van der Waals surface area contributed by atoms with E-state index >= 15 is 0 Å². The molecule has 3 N–H and O–H groups in total. The van der Waals surface area contributed by atoms with Crippen molar-refractivity contribution in [2.24, 2.45) is 5.16 Å². The van der Waals surface area contributed by atoms with E-state index in [1.54, 1.807) is 42.5 Å². The highest BCUT2D eigenvalue weighted by Crippen LogP contribution is 2.39. The summed E-state index contributed by atoms with van der Waals surface area (Å²) in [4.78, 5) is 12.3. The van der Waals surface area contributed by atoms with Gasteiger partial charge in [0.05, 0.1) is 5.71 Å². The van der Waals surface area contributed by atoms with Gasteiger partial charge in [0.2, 0.25) is 0 Å². The summed E-state index contributed by atoms with van der Waals surface area (Å²) in [5.74, 6) is 0.593. The molecule has 0 aliphatic carbocycles. The topological polar surface area (TPSA) is 100 Å². The van der Waals surface area contributed by atoms with Gasteiger partial charge in [0.25, 0.3) is 5.91 Å². The van der Waals surface area contributed by atoms with Crippen LogP contribution in [0.4, 0.5) is 5.69 Å². The summed E-state index contributed by atoms with van der Waals surface area (Å²) in [5.41, 5.74) is -0.0809.